The third-order valence-electron chi connectivity index (χ3n) is 3.04. The van der Waals surface area contributed by atoms with Crippen LogP contribution in [-0.4, -0.2) is 25.1 Å². The highest BCUT2D eigenvalue weighted by atomic mass is 16.5. The lowest BCUT2D eigenvalue weighted by Crippen LogP contribution is -2.45. The van der Waals surface area contributed by atoms with Crippen LogP contribution < -0.4 is 15.8 Å². The zero-order valence-electron chi connectivity index (χ0n) is 12.0. The molecular weight excluding hydrogens is 240 g/mol. The Kier molecular flexibility index (Phi) is 6.36. The van der Waals surface area contributed by atoms with Gasteiger partial charge in [-0.2, -0.15) is 0 Å². The fourth-order valence-electron chi connectivity index (χ4n) is 2.04. The smallest absolute Gasteiger partial charge is 0.237 e. The molecule has 19 heavy (non-hydrogen) atoms. The van der Waals surface area contributed by atoms with E-state index < -0.39 is 6.04 Å². The van der Waals surface area contributed by atoms with Crippen molar-refractivity contribution < 1.29 is 9.53 Å². The van der Waals surface area contributed by atoms with Gasteiger partial charge in [-0.05, 0) is 31.4 Å². The van der Waals surface area contributed by atoms with E-state index in [1.165, 1.54) is 0 Å². The molecule has 1 unspecified atom stereocenters. The first-order valence-electron chi connectivity index (χ1n) is 6.76. The van der Waals surface area contributed by atoms with Crippen molar-refractivity contribution >= 4 is 5.91 Å². The minimum Gasteiger partial charge on any atom is -0.496 e. The number of para-hydroxylation sites is 1. The molecule has 4 heteroatoms. The first-order valence-corrected chi connectivity index (χ1v) is 6.76. The summed E-state index contributed by atoms with van der Waals surface area (Å²) in [5.74, 6) is 0.769. The number of benzene rings is 1. The molecular formula is C15H24N2O2. The van der Waals surface area contributed by atoms with E-state index >= 15 is 0 Å². The zero-order chi connectivity index (χ0) is 14.3. The molecule has 106 valence electrons. The molecule has 1 aromatic carbocycles. The summed E-state index contributed by atoms with van der Waals surface area (Å²) in [5, 5.41) is 2.94. The van der Waals surface area contributed by atoms with Crippen LogP contribution in [0.25, 0.3) is 0 Å². The van der Waals surface area contributed by atoms with Crippen molar-refractivity contribution in [2.24, 2.45) is 5.73 Å². The van der Waals surface area contributed by atoms with Gasteiger partial charge >= 0.3 is 0 Å². The average Bonchev–Trinajstić information content (AvgIpc) is 2.39. The van der Waals surface area contributed by atoms with Gasteiger partial charge in [0.1, 0.15) is 5.75 Å². The zero-order valence-corrected chi connectivity index (χ0v) is 12.0. The summed E-state index contributed by atoms with van der Waals surface area (Å²) in [6.45, 7) is 3.99. The monoisotopic (exact) mass is 264 g/mol. The van der Waals surface area contributed by atoms with Gasteiger partial charge in [0, 0.05) is 6.04 Å². The Labute approximate surface area is 115 Å². The van der Waals surface area contributed by atoms with Gasteiger partial charge in [-0.1, -0.05) is 31.5 Å². The summed E-state index contributed by atoms with van der Waals surface area (Å²) in [7, 11) is 1.65. The van der Waals surface area contributed by atoms with Crippen LogP contribution in [0.3, 0.4) is 0 Å². The molecule has 0 aliphatic rings. The molecule has 1 rings (SSSR count). The van der Waals surface area contributed by atoms with E-state index in [2.05, 4.69) is 5.32 Å². The molecule has 0 saturated heterocycles. The Morgan fingerprint density at radius 3 is 2.74 bits per heavy atom. The Bertz CT molecular complexity index is 407. The number of nitrogens with two attached hydrogens (primary N) is 1. The lowest BCUT2D eigenvalue weighted by molar-refractivity contribution is -0.123. The third kappa shape index (κ3) is 4.91. The Hall–Kier alpha value is -1.55. The number of carbonyl (C=O) groups excluding carboxylic acids is 1. The predicted molar refractivity (Wildman–Crippen MR) is 77.2 cm³/mol. The minimum absolute atomic E-state index is 0.0340. The van der Waals surface area contributed by atoms with Gasteiger partial charge < -0.3 is 15.8 Å². The number of rotatable bonds is 7. The summed E-state index contributed by atoms with van der Waals surface area (Å²) >= 11 is 0. The molecule has 0 fully saturated rings. The molecule has 0 bridgehead atoms. The maximum atomic E-state index is 11.8. The van der Waals surface area contributed by atoms with Gasteiger partial charge in [0.15, 0.2) is 0 Å². The number of carbonyl (C=O) groups is 1. The highest BCUT2D eigenvalue weighted by molar-refractivity contribution is 5.81. The lowest BCUT2D eigenvalue weighted by Gasteiger charge is -2.18. The van der Waals surface area contributed by atoms with Gasteiger partial charge in [0.25, 0.3) is 0 Å². The second-order valence-electron chi connectivity index (χ2n) is 4.82. The topological polar surface area (TPSA) is 64.4 Å². The van der Waals surface area contributed by atoms with Crippen molar-refractivity contribution in [1.29, 1.82) is 0 Å². The molecule has 2 atom stereocenters. The molecule has 1 amide bonds. The van der Waals surface area contributed by atoms with Gasteiger partial charge in [-0.25, -0.2) is 0 Å². The molecule has 0 aliphatic carbocycles. The van der Waals surface area contributed by atoms with Crippen molar-refractivity contribution in [2.75, 3.05) is 7.11 Å². The third-order valence-corrected chi connectivity index (χ3v) is 3.04. The lowest BCUT2D eigenvalue weighted by atomic mass is 10.1. The predicted octanol–water partition coefficient (Wildman–Crippen LogP) is 1.87. The Morgan fingerprint density at radius 1 is 1.42 bits per heavy atom. The first-order chi connectivity index (χ1) is 9.08. The number of hydrogen-bond donors (Lipinski definition) is 2. The number of methoxy groups -OCH3 is 1. The summed E-state index contributed by atoms with van der Waals surface area (Å²) in [5.41, 5.74) is 6.87. The quantitative estimate of drug-likeness (QED) is 0.790. The summed E-state index contributed by atoms with van der Waals surface area (Å²) in [4.78, 5) is 11.8. The van der Waals surface area contributed by atoms with Crippen LogP contribution in [0.5, 0.6) is 5.75 Å². The van der Waals surface area contributed by atoms with Crippen molar-refractivity contribution in [3.8, 4) is 5.75 Å². The molecule has 0 aromatic heterocycles. The fraction of sp³-hybridized carbons (Fsp3) is 0.533. The molecule has 3 N–H and O–H groups in total. The van der Waals surface area contributed by atoms with E-state index in [1.807, 2.05) is 38.1 Å². The highest BCUT2D eigenvalue weighted by Crippen LogP contribution is 2.18. The van der Waals surface area contributed by atoms with E-state index in [-0.39, 0.29) is 11.9 Å². The number of nitrogens with one attached hydrogen (secondary N) is 1. The van der Waals surface area contributed by atoms with Gasteiger partial charge in [-0.3, -0.25) is 4.79 Å². The van der Waals surface area contributed by atoms with Crippen LogP contribution >= 0.6 is 0 Å². The average molecular weight is 264 g/mol. The molecule has 0 heterocycles. The van der Waals surface area contributed by atoms with E-state index in [4.69, 9.17) is 10.5 Å². The molecule has 0 spiro atoms. The molecule has 0 saturated carbocycles. The largest absolute Gasteiger partial charge is 0.496 e. The van der Waals surface area contributed by atoms with E-state index in [0.717, 1.165) is 24.2 Å². The number of hydrogen-bond acceptors (Lipinski definition) is 3. The summed E-state index contributed by atoms with van der Waals surface area (Å²) in [6.07, 6.45) is 2.36. The summed E-state index contributed by atoms with van der Waals surface area (Å²) < 4.78 is 5.30. The van der Waals surface area contributed by atoms with Crippen LogP contribution in [0.15, 0.2) is 24.3 Å². The van der Waals surface area contributed by atoms with E-state index in [9.17, 15) is 4.79 Å². The second kappa shape index (κ2) is 7.79. The van der Waals surface area contributed by atoms with Crippen LogP contribution in [0.2, 0.25) is 0 Å². The van der Waals surface area contributed by atoms with Crippen molar-refractivity contribution in [3.05, 3.63) is 29.8 Å². The maximum Gasteiger partial charge on any atom is 0.237 e. The van der Waals surface area contributed by atoms with Crippen LogP contribution in [-0.2, 0) is 11.2 Å². The van der Waals surface area contributed by atoms with Crippen LogP contribution in [0, 0.1) is 0 Å². The van der Waals surface area contributed by atoms with Crippen molar-refractivity contribution in [3.63, 3.8) is 0 Å². The fourth-order valence-corrected chi connectivity index (χ4v) is 2.04. The van der Waals surface area contributed by atoms with Crippen LogP contribution in [0.4, 0.5) is 0 Å². The van der Waals surface area contributed by atoms with E-state index in [0.29, 0.717) is 6.42 Å². The van der Waals surface area contributed by atoms with Gasteiger partial charge in [0.05, 0.1) is 13.2 Å². The van der Waals surface area contributed by atoms with E-state index in [1.54, 1.807) is 7.11 Å². The number of ether oxygens (including phenoxy) is 1. The molecule has 4 nitrogen and oxygen atoms in total. The second-order valence-corrected chi connectivity index (χ2v) is 4.82. The summed E-state index contributed by atoms with van der Waals surface area (Å²) in [6, 6.07) is 7.45. The van der Waals surface area contributed by atoms with Gasteiger partial charge in [0.2, 0.25) is 5.91 Å². The molecule has 1 aromatic rings. The SMILES string of the molecule is CCC[C@@H](N)C(=O)NC(C)Cc1ccccc1OC. The maximum absolute atomic E-state index is 11.8. The van der Waals surface area contributed by atoms with Crippen molar-refractivity contribution in [2.45, 2.75) is 45.2 Å². The molecule has 0 radical (unpaired) electrons. The van der Waals surface area contributed by atoms with Crippen LogP contribution in [0.1, 0.15) is 32.3 Å². The number of amides is 1. The van der Waals surface area contributed by atoms with Crippen molar-refractivity contribution in [1.82, 2.24) is 5.32 Å². The Morgan fingerprint density at radius 2 is 2.11 bits per heavy atom. The normalized spacial score (nSPS) is 13.7. The first kappa shape index (κ1) is 15.5. The highest BCUT2D eigenvalue weighted by Gasteiger charge is 2.15. The Balaban J connectivity index is 2.55. The minimum atomic E-state index is -0.412. The molecule has 0 aliphatic heterocycles. The standard InChI is InChI=1S/C15H24N2O2/c1-4-7-13(16)15(18)17-11(2)10-12-8-5-6-9-14(12)19-3/h5-6,8-9,11,13H,4,7,10,16H2,1-3H3,(H,17,18)/t11?,13-/m1/s1. The van der Waals surface area contributed by atoms with Gasteiger partial charge in [-0.15, -0.1) is 0 Å².